The summed E-state index contributed by atoms with van der Waals surface area (Å²) in [7, 11) is -1.42. The van der Waals surface area contributed by atoms with Crippen LogP contribution in [0.3, 0.4) is 0 Å². The minimum Gasteiger partial charge on any atom is -0.423 e. The summed E-state index contributed by atoms with van der Waals surface area (Å²) in [5, 5.41) is 26.9. The first-order valence-corrected chi connectivity index (χ1v) is 33.1. The van der Waals surface area contributed by atoms with E-state index >= 15 is 0 Å². The molecule has 16 heteroatoms. The lowest BCUT2D eigenvalue weighted by Gasteiger charge is -2.12. The molecular formula is C79H52BBrN10O2S2. The Morgan fingerprint density at radius 3 is 1.16 bits per heavy atom. The predicted octanol–water partition coefficient (Wildman–Crippen LogP) is 19.3. The molecule has 0 aliphatic rings. The second kappa shape index (κ2) is 23.4. The number of halogens is 1. The van der Waals surface area contributed by atoms with Crippen molar-refractivity contribution in [3.8, 4) is 44.2 Å². The van der Waals surface area contributed by atoms with Crippen LogP contribution in [-0.2, 0) is 0 Å². The molecule has 0 fully saturated rings. The van der Waals surface area contributed by atoms with Gasteiger partial charge < -0.3 is 10.0 Å². The van der Waals surface area contributed by atoms with Gasteiger partial charge >= 0.3 is 7.12 Å². The second-order valence-electron chi connectivity index (χ2n) is 23.0. The average Bonchev–Trinajstić information content (AvgIpc) is 1.58. The first-order valence-electron chi connectivity index (χ1n) is 30.7. The molecule has 12 nitrogen and oxygen atoms in total. The highest BCUT2D eigenvalue weighted by Crippen LogP contribution is 2.40. The van der Waals surface area contributed by atoms with Crippen LogP contribution in [0.1, 0.15) is 7.43 Å². The van der Waals surface area contributed by atoms with Crippen molar-refractivity contribution in [3.05, 3.63) is 284 Å². The first kappa shape index (κ1) is 57.6. The summed E-state index contributed by atoms with van der Waals surface area (Å²) in [6.45, 7) is 0. The highest BCUT2D eigenvalue weighted by Gasteiger charge is 2.23. The van der Waals surface area contributed by atoms with E-state index < -0.39 is 7.12 Å². The lowest BCUT2D eigenvalue weighted by Crippen LogP contribution is -2.29. The van der Waals surface area contributed by atoms with Crippen molar-refractivity contribution in [3.63, 3.8) is 0 Å². The fourth-order valence-corrected chi connectivity index (χ4v) is 15.4. The molecule has 0 spiro atoms. The van der Waals surface area contributed by atoms with Gasteiger partial charge in [0.05, 0.1) is 75.6 Å². The summed E-state index contributed by atoms with van der Waals surface area (Å²) >= 11 is 7.00. The van der Waals surface area contributed by atoms with E-state index in [0.29, 0.717) is 5.46 Å². The third kappa shape index (κ3) is 9.80. The number of thiazole rings is 2. The van der Waals surface area contributed by atoms with E-state index in [4.69, 9.17) is 35.0 Å². The van der Waals surface area contributed by atoms with E-state index in [2.05, 4.69) is 233 Å². The molecule has 0 saturated carbocycles. The highest BCUT2D eigenvalue weighted by molar-refractivity contribution is 9.10. The fraction of sp³-hybridized carbons (Fsp3) is 0.0127. The van der Waals surface area contributed by atoms with Crippen LogP contribution in [0.15, 0.2) is 284 Å². The molecule has 0 amide bonds. The Kier molecular flexibility index (Phi) is 14.2. The van der Waals surface area contributed by atoms with Gasteiger partial charge in [0.15, 0.2) is 0 Å². The van der Waals surface area contributed by atoms with Crippen LogP contribution >= 0.6 is 38.6 Å². The maximum atomic E-state index is 9.04. The molecule has 95 heavy (non-hydrogen) atoms. The Labute approximate surface area is 559 Å². The molecule has 8 aromatic heterocycles. The van der Waals surface area contributed by atoms with Crippen LogP contribution in [0.2, 0.25) is 0 Å². The quantitative estimate of drug-likeness (QED) is 0.157. The molecule has 452 valence electrons. The van der Waals surface area contributed by atoms with Gasteiger partial charge in [-0.1, -0.05) is 187 Å². The molecule has 20 aromatic rings. The van der Waals surface area contributed by atoms with Gasteiger partial charge in [-0.25, -0.2) is 29.9 Å². The van der Waals surface area contributed by atoms with Crippen molar-refractivity contribution in [2.45, 2.75) is 7.43 Å². The Balaban J connectivity index is 0.000000118. The number of rotatable bonds is 6. The number of hydrogen-bond donors (Lipinski definition) is 2. The minimum atomic E-state index is -1.42. The smallest absolute Gasteiger partial charge is 0.423 e. The SMILES string of the molecule is Brc1ccc2c(c1)c1ccccc1n2-c1nc2ccccc2c2nc3ccccc3n12.C.OB(O)c1ccc(-c2nc3ccccc3s2)cc1.c1ccc2sc(-c3ccc(-c4ccc5c(c4)c4ccccc4n5-c4nc5ccccc5c5nc6ccccc6n45)cc3)nc2c1. The molecule has 0 unspecified atom stereocenters. The Morgan fingerprint density at radius 1 is 0.305 bits per heavy atom. The number of hydrogen-bond acceptors (Lipinski definition) is 10. The molecule has 0 aliphatic carbocycles. The van der Waals surface area contributed by atoms with Crippen molar-refractivity contribution < 1.29 is 10.0 Å². The third-order valence-corrected chi connectivity index (χ3v) is 20.1. The Morgan fingerprint density at radius 2 is 0.674 bits per heavy atom. The molecule has 0 atom stereocenters. The third-order valence-electron chi connectivity index (χ3n) is 17.5. The summed E-state index contributed by atoms with van der Waals surface area (Å²) in [5.74, 6) is 1.67. The Hall–Kier alpha value is -11.2. The van der Waals surface area contributed by atoms with Gasteiger partial charge in [0.25, 0.3) is 0 Å². The molecule has 0 radical (unpaired) electrons. The zero-order valence-electron chi connectivity index (χ0n) is 49.7. The fourth-order valence-electron chi connectivity index (χ4n) is 13.1. The lowest BCUT2D eigenvalue weighted by atomic mass is 9.80. The molecule has 12 aromatic carbocycles. The van der Waals surface area contributed by atoms with E-state index in [1.165, 1.54) is 37.4 Å². The second-order valence-corrected chi connectivity index (χ2v) is 26.0. The number of imidazole rings is 2. The lowest BCUT2D eigenvalue weighted by molar-refractivity contribution is 0.426. The van der Waals surface area contributed by atoms with Gasteiger partial charge in [-0.15, -0.1) is 22.7 Å². The first-order chi connectivity index (χ1) is 46.3. The highest BCUT2D eigenvalue weighted by atomic mass is 79.9. The van der Waals surface area contributed by atoms with Crippen molar-refractivity contribution in [2.24, 2.45) is 0 Å². The number of nitrogens with zero attached hydrogens (tertiary/aromatic N) is 10. The van der Waals surface area contributed by atoms with Gasteiger partial charge in [0, 0.05) is 47.9 Å². The predicted molar refractivity (Wildman–Crippen MR) is 398 cm³/mol. The van der Waals surface area contributed by atoms with Crippen LogP contribution < -0.4 is 5.46 Å². The molecule has 0 saturated heterocycles. The topological polar surface area (TPSA) is 136 Å². The van der Waals surface area contributed by atoms with E-state index in [0.717, 1.165) is 130 Å². The standard InChI is InChI=1S/C39H23N5S.C26H15BrN4.C13H10BNO2S.CH4/c1-3-11-30-28(10-1)37-40-31-12-4-7-15-35(31)44(37)39(42-30)43-33-14-6-2-9-27(33)29-23-26(21-22-34(29)43)24-17-19-25(20-18-24)38-41-32-13-5-8-16-36(32)45-38;27-16-13-14-23-19(15-16)17-7-2-5-11-22(17)30(23)26-29-20-9-3-1-8-18(20)25-28-21-10-4-6-12-24(21)31(25)26;16-14(17)10-7-5-9(6-8-10)13-15-11-3-1-2-4-12(11)18-13;/h1-23H;1-15H;1-8,16-17H;1H4. The summed E-state index contributed by atoms with van der Waals surface area (Å²) in [6.07, 6.45) is 0. The molecule has 20 rings (SSSR count). The monoisotopic (exact) mass is 1330 g/mol. The summed E-state index contributed by atoms with van der Waals surface area (Å²) in [6, 6.07) is 95.5. The molecule has 8 heterocycles. The summed E-state index contributed by atoms with van der Waals surface area (Å²) in [5.41, 5.74) is 19.1. The zero-order chi connectivity index (χ0) is 62.5. The maximum Gasteiger partial charge on any atom is 0.488 e. The largest absolute Gasteiger partial charge is 0.488 e. The Bertz CT molecular complexity index is 6320. The van der Waals surface area contributed by atoms with Crippen LogP contribution in [0, 0.1) is 0 Å². The number of para-hydroxylation sites is 10. The molecule has 0 bridgehead atoms. The normalized spacial score (nSPS) is 11.7. The maximum absolute atomic E-state index is 9.04. The van der Waals surface area contributed by atoms with E-state index in [-0.39, 0.29) is 7.43 Å². The van der Waals surface area contributed by atoms with Crippen molar-refractivity contribution in [1.29, 1.82) is 0 Å². The van der Waals surface area contributed by atoms with Gasteiger partial charge in [0.2, 0.25) is 11.9 Å². The van der Waals surface area contributed by atoms with E-state index in [9.17, 15) is 0 Å². The minimum absolute atomic E-state index is 0. The van der Waals surface area contributed by atoms with Crippen LogP contribution in [0.4, 0.5) is 0 Å². The molecular weight excluding hydrogens is 1280 g/mol. The van der Waals surface area contributed by atoms with Crippen LogP contribution in [0.25, 0.3) is 163 Å². The zero-order valence-corrected chi connectivity index (χ0v) is 52.9. The summed E-state index contributed by atoms with van der Waals surface area (Å²) < 4.78 is 12.4. The average molecular weight is 1330 g/mol. The van der Waals surface area contributed by atoms with Crippen LogP contribution in [0.5, 0.6) is 0 Å². The van der Waals surface area contributed by atoms with Crippen molar-refractivity contribution in [2.75, 3.05) is 0 Å². The van der Waals surface area contributed by atoms with Crippen molar-refractivity contribution >= 4 is 170 Å². The van der Waals surface area contributed by atoms with Gasteiger partial charge in [-0.3, -0.25) is 17.9 Å². The van der Waals surface area contributed by atoms with Crippen LogP contribution in [-0.4, -0.2) is 65.0 Å². The number of fused-ring (bicyclic) bond motifs is 18. The van der Waals surface area contributed by atoms with Gasteiger partial charge in [0.1, 0.15) is 21.3 Å². The van der Waals surface area contributed by atoms with Gasteiger partial charge in [-0.2, -0.15) is 0 Å². The van der Waals surface area contributed by atoms with E-state index in [1.54, 1.807) is 34.8 Å². The van der Waals surface area contributed by atoms with Crippen molar-refractivity contribution in [1.82, 2.24) is 47.8 Å². The number of benzene rings is 12. The van der Waals surface area contributed by atoms with Gasteiger partial charge in [-0.05, 0) is 132 Å². The number of aromatic nitrogens is 10. The summed E-state index contributed by atoms with van der Waals surface area (Å²) in [4.78, 5) is 29.9. The van der Waals surface area contributed by atoms with E-state index in [1.807, 2.05) is 72.8 Å². The molecule has 0 aliphatic heterocycles. The molecule has 2 N–H and O–H groups in total.